The van der Waals surface area contributed by atoms with Crippen molar-refractivity contribution in [2.45, 2.75) is 44.9 Å². The Kier molecular flexibility index (Phi) is 7.34. The van der Waals surface area contributed by atoms with Gasteiger partial charge < -0.3 is 14.2 Å². The van der Waals surface area contributed by atoms with E-state index in [2.05, 4.69) is 16.8 Å². The van der Waals surface area contributed by atoms with Crippen molar-refractivity contribution in [1.29, 1.82) is 0 Å². The van der Waals surface area contributed by atoms with Crippen molar-refractivity contribution in [3.05, 3.63) is 11.9 Å². The van der Waals surface area contributed by atoms with Crippen LogP contribution in [0, 0.1) is 0 Å². The number of hydrogen-bond donors (Lipinski definition) is 0. The first kappa shape index (κ1) is 18.1. The second-order valence-electron chi connectivity index (χ2n) is 5.17. The van der Waals surface area contributed by atoms with Crippen molar-refractivity contribution in [1.82, 2.24) is 14.5 Å². The highest BCUT2D eigenvalue weighted by atomic mass is 32.2. The minimum Gasteiger partial charge on any atom is -0.383 e. The Balaban J connectivity index is 2.98. The third-order valence-electron chi connectivity index (χ3n) is 3.40. The Morgan fingerprint density at radius 2 is 2.10 bits per heavy atom. The molecule has 21 heavy (non-hydrogen) atoms. The van der Waals surface area contributed by atoms with Gasteiger partial charge in [0, 0.05) is 20.2 Å². The summed E-state index contributed by atoms with van der Waals surface area (Å²) in [5.41, 5.74) is 0.915. The fourth-order valence-electron chi connectivity index (χ4n) is 2.10. The lowest BCUT2D eigenvalue weighted by Gasteiger charge is -2.18. The summed E-state index contributed by atoms with van der Waals surface area (Å²) in [6.45, 7) is 6.44. The maximum Gasteiger partial charge on any atom is 0.227 e. The van der Waals surface area contributed by atoms with Gasteiger partial charge in [-0.2, -0.15) is 0 Å². The Hall–Kier alpha value is -0.920. The molecule has 0 aliphatic carbocycles. The number of sulfone groups is 1. The van der Waals surface area contributed by atoms with Crippen LogP contribution in [0.4, 0.5) is 0 Å². The maximum atomic E-state index is 12.1. The van der Waals surface area contributed by atoms with E-state index in [0.29, 0.717) is 19.7 Å². The molecule has 0 amide bonds. The lowest BCUT2D eigenvalue weighted by atomic mass is 10.3. The minimum atomic E-state index is -3.31. The number of rotatable bonds is 10. The van der Waals surface area contributed by atoms with Gasteiger partial charge in [0.15, 0.2) is 0 Å². The smallest absolute Gasteiger partial charge is 0.227 e. The van der Waals surface area contributed by atoms with E-state index >= 15 is 0 Å². The molecule has 0 saturated heterocycles. The summed E-state index contributed by atoms with van der Waals surface area (Å²) in [7, 11) is 0.335. The number of hydrogen-bond acceptors (Lipinski definition) is 5. The van der Waals surface area contributed by atoms with Gasteiger partial charge in [0.25, 0.3) is 0 Å². The van der Waals surface area contributed by atoms with Crippen molar-refractivity contribution < 1.29 is 13.2 Å². The standard InChI is InChI=1S/C14H27N3O3S/c1-5-7-8-16(3)12-13-11-15-14(21(18,19)6-2)17(13)9-10-20-4/h11H,5-10,12H2,1-4H3. The highest BCUT2D eigenvalue weighted by Gasteiger charge is 2.21. The van der Waals surface area contributed by atoms with Gasteiger partial charge >= 0.3 is 0 Å². The molecule has 0 saturated carbocycles. The number of ether oxygens (including phenoxy) is 1. The topological polar surface area (TPSA) is 64.4 Å². The Bertz CT molecular complexity index is 526. The molecular formula is C14H27N3O3S. The van der Waals surface area contributed by atoms with Crippen molar-refractivity contribution in [2.75, 3.05) is 33.1 Å². The molecule has 122 valence electrons. The molecule has 1 heterocycles. The van der Waals surface area contributed by atoms with E-state index in [1.54, 1.807) is 24.8 Å². The summed E-state index contributed by atoms with van der Waals surface area (Å²) >= 11 is 0. The summed E-state index contributed by atoms with van der Waals surface area (Å²) in [6, 6.07) is 0. The highest BCUT2D eigenvalue weighted by Crippen LogP contribution is 2.15. The summed E-state index contributed by atoms with van der Waals surface area (Å²) in [5.74, 6) is 0.0576. The van der Waals surface area contributed by atoms with Crippen molar-refractivity contribution in [3.63, 3.8) is 0 Å². The van der Waals surface area contributed by atoms with Crippen LogP contribution in [0.25, 0.3) is 0 Å². The van der Waals surface area contributed by atoms with Crippen LogP contribution in [0.1, 0.15) is 32.4 Å². The molecule has 0 unspecified atom stereocenters. The van der Waals surface area contributed by atoms with Crippen LogP contribution in [0.2, 0.25) is 0 Å². The van der Waals surface area contributed by atoms with Gasteiger partial charge in [-0.3, -0.25) is 0 Å². The van der Waals surface area contributed by atoms with Crippen LogP contribution >= 0.6 is 0 Å². The van der Waals surface area contributed by atoms with Crippen LogP contribution < -0.4 is 0 Å². The van der Waals surface area contributed by atoms with Crippen molar-refractivity contribution in [2.24, 2.45) is 0 Å². The van der Waals surface area contributed by atoms with E-state index in [4.69, 9.17) is 4.74 Å². The summed E-state index contributed by atoms with van der Waals surface area (Å²) in [5, 5.41) is 0.154. The second kappa shape index (κ2) is 8.51. The van der Waals surface area contributed by atoms with Crippen LogP contribution in [0.15, 0.2) is 11.4 Å². The fraction of sp³-hybridized carbons (Fsp3) is 0.786. The number of methoxy groups -OCH3 is 1. The van der Waals surface area contributed by atoms with Crippen LogP contribution in [0.3, 0.4) is 0 Å². The molecule has 0 aliphatic heterocycles. The van der Waals surface area contributed by atoms with Gasteiger partial charge in [0.2, 0.25) is 15.0 Å². The van der Waals surface area contributed by atoms with E-state index in [1.165, 1.54) is 0 Å². The van der Waals surface area contributed by atoms with Gasteiger partial charge in [-0.25, -0.2) is 13.4 Å². The first-order valence-corrected chi connectivity index (χ1v) is 9.06. The zero-order valence-electron chi connectivity index (χ0n) is 13.5. The molecule has 1 aromatic rings. The molecule has 0 atom stereocenters. The predicted molar refractivity (Wildman–Crippen MR) is 83.1 cm³/mol. The maximum absolute atomic E-state index is 12.1. The lowest BCUT2D eigenvalue weighted by molar-refractivity contribution is 0.182. The van der Waals surface area contributed by atoms with Crippen LogP contribution in [-0.4, -0.2) is 55.9 Å². The lowest BCUT2D eigenvalue weighted by Crippen LogP contribution is -2.23. The molecule has 0 spiro atoms. The quantitative estimate of drug-likeness (QED) is 0.655. The van der Waals surface area contributed by atoms with Gasteiger partial charge in [0.1, 0.15) is 0 Å². The SMILES string of the molecule is CCCCN(C)Cc1cnc(S(=O)(=O)CC)n1CCOC. The molecule has 0 bridgehead atoms. The first-order chi connectivity index (χ1) is 9.96. The Morgan fingerprint density at radius 3 is 2.67 bits per heavy atom. The van der Waals surface area contributed by atoms with Crippen LogP contribution in [0.5, 0.6) is 0 Å². The van der Waals surface area contributed by atoms with Crippen LogP contribution in [-0.2, 0) is 27.7 Å². The van der Waals surface area contributed by atoms with E-state index in [9.17, 15) is 8.42 Å². The third-order valence-corrected chi connectivity index (χ3v) is 5.05. The highest BCUT2D eigenvalue weighted by molar-refractivity contribution is 7.91. The van der Waals surface area contributed by atoms with Gasteiger partial charge in [-0.05, 0) is 20.0 Å². The zero-order chi connectivity index (χ0) is 15.9. The molecule has 6 nitrogen and oxygen atoms in total. The van der Waals surface area contributed by atoms with E-state index < -0.39 is 9.84 Å². The number of imidazole rings is 1. The van der Waals surface area contributed by atoms with Crippen molar-refractivity contribution >= 4 is 9.84 Å². The first-order valence-electron chi connectivity index (χ1n) is 7.40. The Morgan fingerprint density at radius 1 is 1.38 bits per heavy atom. The van der Waals surface area contributed by atoms with Gasteiger partial charge in [-0.15, -0.1) is 0 Å². The fourth-order valence-corrected chi connectivity index (χ4v) is 3.12. The normalized spacial score (nSPS) is 12.2. The molecule has 0 radical (unpaired) electrons. The second-order valence-corrected chi connectivity index (χ2v) is 7.34. The number of nitrogens with zero attached hydrogens (tertiary/aromatic N) is 3. The predicted octanol–water partition coefficient (Wildman–Crippen LogP) is 1.55. The number of unbranched alkanes of at least 4 members (excludes halogenated alkanes) is 1. The largest absolute Gasteiger partial charge is 0.383 e. The Labute approximate surface area is 128 Å². The van der Waals surface area contributed by atoms with E-state index in [1.807, 2.05) is 7.05 Å². The number of aromatic nitrogens is 2. The molecule has 0 fully saturated rings. The van der Waals surface area contributed by atoms with E-state index in [-0.39, 0.29) is 10.9 Å². The zero-order valence-corrected chi connectivity index (χ0v) is 14.3. The van der Waals surface area contributed by atoms with Crippen molar-refractivity contribution in [3.8, 4) is 0 Å². The molecule has 0 aromatic carbocycles. The monoisotopic (exact) mass is 317 g/mol. The summed E-state index contributed by atoms with van der Waals surface area (Å²) in [4.78, 5) is 6.32. The van der Waals surface area contributed by atoms with Gasteiger partial charge in [0.05, 0.1) is 24.3 Å². The summed E-state index contributed by atoms with van der Waals surface area (Å²) in [6.07, 6.45) is 3.94. The average Bonchev–Trinajstić information content (AvgIpc) is 2.86. The molecule has 1 aromatic heterocycles. The molecule has 0 N–H and O–H groups in total. The summed E-state index contributed by atoms with van der Waals surface area (Å²) < 4.78 is 31.1. The average molecular weight is 317 g/mol. The third kappa shape index (κ3) is 5.09. The molecule has 7 heteroatoms. The van der Waals surface area contributed by atoms with E-state index in [0.717, 1.165) is 25.1 Å². The molecular weight excluding hydrogens is 290 g/mol. The molecule has 0 aliphatic rings. The minimum absolute atomic E-state index is 0.0576. The van der Waals surface area contributed by atoms with Gasteiger partial charge in [-0.1, -0.05) is 20.3 Å². The molecule has 1 rings (SSSR count).